The van der Waals surface area contributed by atoms with Gasteiger partial charge in [-0.1, -0.05) is 24.3 Å². The molecule has 2 N–H and O–H groups in total. The fourth-order valence-corrected chi connectivity index (χ4v) is 3.56. The van der Waals surface area contributed by atoms with E-state index in [1.54, 1.807) is 19.2 Å². The van der Waals surface area contributed by atoms with Crippen LogP contribution in [0.1, 0.15) is 38.3 Å². The lowest BCUT2D eigenvalue weighted by atomic mass is 10.0. The molecule has 8 nitrogen and oxygen atoms in total. The van der Waals surface area contributed by atoms with E-state index in [-0.39, 0.29) is 18.2 Å². The zero-order valence-corrected chi connectivity index (χ0v) is 18.8. The molecule has 2 aromatic carbocycles. The fourth-order valence-electron chi connectivity index (χ4n) is 3.56. The Labute approximate surface area is 187 Å². The number of methoxy groups -OCH3 is 1. The average Bonchev–Trinajstić information content (AvgIpc) is 3.13. The molecule has 0 aliphatic rings. The number of aromatic nitrogens is 2. The minimum atomic E-state index is -0.464. The molecule has 0 spiro atoms. The Bertz CT molecular complexity index is 1050. The van der Waals surface area contributed by atoms with Crippen LogP contribution in [0.25, 0.3) is 11.0 Å². The summed E-state index contributed by atoms with van der Waals surface area (Å²) in [6, 6.07) is 14.6. The summed E-state index contributed by atoms with van der Waals surface area (Å²) in [6.07, 6.45) is 0.880. The highest BCUT2D eigenvalue weighted by atomic mass is 16.5. The molecule has 32 heavy (non-hydrogen) atoms. The summed E-state index contributed by atoms with van der Waals surface area (Å²) in [5.41, 5.74) is 2.59. The molecule has 0 fully saturated rings. The number of imidazole rings is 1. The number of para-hydroxylation sites is 2. The first kappa shape index (κ1) is 23.3. The summed E-state index contributed by atoms with van der Waals surface area (Å²) >= 11 is 0. The van der Waals surface area contributed by atoms with E-state index in [9.17, 15) is 9.59 Å². The minimum Gasteiger partial charge on any atom is -0.497 e. The van der Waals surface area contributed by atoms with Crippen LogP contribution in [-0.4, -0.2) is 41.7 Å². The summed E-state index contributed by atoms with van der Waals surface area (Å²) in [7, 11) is 1.59. The van der Waals surface area contributed by atoms with Gasteiger partial charge in [0.1, 0.15) is 5.75 Å². The standard InChI is InChI=1S/C24H30N4O4/c1-4-32-15-7-14-28-22-9-6-5-8-20(22)26-24(28)27-23(30)16-21(25-17(2)29)18-10-12-19(31-3)13-11-18/h5-6,8-13,21H,4,7,14-16H2,1-3H3,(H,25,29)(H,26,27,30). The maximum absolute atomic E-state index is 12.9. The molecule has 0 bridgehead atoms. The van der Waals surface area contributed by atoms with Gasteiger partial charge in [0, 0.05) is 26.7 Å². The van der Waals surface area contributed by atoms with Gasteiger partial charge in [0.05, 0.1) is 30.6 Å². The number of hydrogen-bond acceptors (Lipinski definition) is 5. The number of anilines is 1. The number of aryl methyl sites for hydroxylation is 1. The van der Waals surface area contributed by atoms with E-state index in [2.05, 4.69) is 15.6 Å². The molecule has 0 aliphatic heterocycles. The van der Waals surface area contributed by atoms with Crippen LogP contribution < -0.4 is 15.4 Å². The molecule has 1 heterocycles. The van der Waals surface area contributed by atoms with E-state index < -0.39 is 6.04 Å². The summed E-state index contributed by atoms with van der Waals surface area (Å²) in [4.78, 5) is 29.3. The molecule has 0 aliphatic carbocycles. The van der Waals surface area contributed by atoms with Crippen LogP contribution in [0.15, 0.2) is 48.5 Å². The van der Waals surface area contributed by atoms with Crippen LogP contribution in [0.4, 0.5) is 5.95 Å². The molecule has 0 radical (unpaired) electrons. The van der Waals surface area contributed by atoms with Gasteiger partial charge in [-0.3, -0.25) is 14.9 Å². The van der Waals surface area contributed by atoms with Crippen molar-refractivity contribution in [3.05, 3.63) is 54.1 Å². The van der Waals surface area contributed by atoms with Crippen molar-refractivity contribution in [2.45, 2.75) is 39.3 Å². The largest absolute Gasteiger partial charge is 0.497 e. The molecule has 1 aromatic heterocycles. The highest BCUT2D eigenvalue weighted by molar-refractivity contribution is 5.92. The highest BCUT2D eigenvalue weighted by Crippen LogP contribution is 2.23. The van der Waals surface area contributed by atoms with E-state index in [1.165, 1.54) is 6.92 Å². The van der Waals surface area contributed by atoms with Gasteiger partial charge >= 0.3 is 0 Å². The molecule has 3 rings (SSSR count). The van der Waals surface area contributed by atoms with Crippen molar-refractivity contribution in [3.63, 3.8) is 0 Å². The van der Waals surface area contributed by atoms with E-state index in [1.807, 2.05) is 47.9 Å². The lowest BCUT2D eigenvalue weighted by Crippen LogP contribution is -2.30. The van der Waals surface area contributed by atoms with E-state index >= 15 is 0 Å². The van der Waals surface area contributed by atoms with Gasteiger partial charge in [-0.2, -0.15) is 0 Å². The van der Waals surface area contributed by atoms with Crippen molar-refractivity contribution in [2.24, 2.45) is 0 Å². The first-order chi connectivity index (χ1) is 15.5. The third-order valence-electron chi connectivity index (χ3n) is 5.07. The van der Waals surface area contributed by atoms with Gasteiger partial charge in [0.2, 0.25) is 17.8 Å². The van der Waals surface area contributed by atoms with Crippen molar-refractivity contribution in [2.75, 3.05) is 25.6 Å². The van der Waals surface area contributed by atoms with Crippen LogP contribution in [0.5, 0.6) is 5.75 Å². The first-order valence-electron chi connectivity index (χ1n) is 10.8. The summed E-state index contributed by atoms with van der Waals surface area (Å²) in [6.45, 7) is 5.38. The van der Waals surface area contributed by atoms with Crippen LogP contribution in [-0.2, 0) is 20.9 Å². The Hall–Kier alpha value is -3.39. The van der Waals surface area contributed by atoms with Gasteiger partial charge in [0.15, 0.2) is 0 Å². The third kappa shape index (κ3) is 6.07. The van der Waals surface area contributed by atoms with Gasteiger partial charge in [0.25, 0.3) is 0 Å². The van der Waals surface area contributed by atoms with Crippen molar-refractivity contribution in [1.29, 1.82) is 0 Å². The molecule has 170 valence electrons. The van der Waals surface area contributed by atoms with Crippen molar-refractivity contribution in [1.82, 2.24) is 14.9 Å². The summed E-state index contributed by atoms with van der Waals surface area (Å²) in [5.74, 6) is 0.757. The monoisotopic (exact) mass is 438 g/mol. The van der Waals surface area contributed by atoms with Crippen molar-refractivity contribution < 1.29 is 19.1 Å². The Kier molecular flexibility index (Phi) is 8.21. The lowest BCUT2D eigenvalue weighted by molar-refractivity contribution is -0.120. The SMILES string of the molecule is CCOCCCn1c(NC(=O)CC(NC(C)=O)c2ccc(OC)cc2)nc2ccccc21. The van der Waals surface area contributed by atoms with Crippen LogP contribution in [0.2, 0.25) is 0 Å². The number of ether oxygens (including phenoxy) is 2. The quantitative estimate of drug-likeness (QED) is 0.446. The number of nitrogens with zero attached hydrogens (tertiary/aromatic N) is 2. The Morgan fingerprint density at radius 2 is 1.88 bits per heavy atom. The summed E-state index contributed by atoms with van der Waals surface area (Å²) in [5, 5.41) is 5.79. The molecule has 1 atom stereocenters. The first-order valence-corrected chi connectivity index (χ1v) is 10.8. The predicted octanol–water partition coefficient (Wildman–Crippen LogP) is 3.68. The molecule has 3 aromatic rings. The normalized spacial score (nSPS) is 11.8. The Morgan fingerprint density at radius 3 is 2.56 bits per heavy atom. The highest BCUT2D eigenvalue weighted by Gasteiger charge is 2.20. The van der Waals surface area contributed by atoms with Gasteiger partial charge in [-0.15, -0.1) is 0 Å². The predicted molar refractivity (Wildman–Crippen MR) is 124 cm³/mol. The van der Waals surface area contributed by atoms with E-state index in [0.717, 1.165) is 23.0 Å². The number of nitrogens with one attached hydrogen (secondary N) is 2. The number of hydrogen-bond donors (Lipinski definition) is 2. The van der Waals surface area contributed by atoms with E-state index in [0.29, 0.717) is 31.5 Å². The van der Waals surface area contributed by atoms with Gasteiger partial charge in [-0.25, -0.2) is 4.98 Å². The smallest absolute Gasteiger partial charge is 0.229 e. The number of rotatable bonds is 11. The number of benzene rings is 2. The zero-order valence-electron chi connectivity index (χ0n) is 18.8. The number of carbonyl (C=O) groups excluding carboxylic acids is 2. The van der Waals surface area contributed by atoms with Crippen LogP contribution >= 0.6 is 0 Å². The molecular formula is C24H30N4O4. The Balaban J connectivity index is 1.77. The molecular weight excluding hydrogens is 408 g/mol. The van der Waals surface area contributed by atoms with Crippen molar-refractivity contribution in [3.8, 4) is 5.75 Å². The Morgan fingerprint density at radius 1 is 1.12 bits per heavy atom. The molecule has 0 saturated heterocycles. The second-order valence-corrected chi connectivity index (χ2v) is 7.40. The molecule has 8 heteroatoms. The second-order valence-electron chi connectivity index (χ2n) is 7.40. The number of fused-ring (bicyclic) bond motifs is 1. The van der Waals surface area contributed by atoms with Gasteiger partial charge < -0.3 is 19.4 Å². The van der Waals surface area contributed by atoms with Crippen LogP contribution in [0, 0.1) is 0 Å². The third-order valence-corrected chi connectivity index (χ3v) is 5.07. The summed E-state index contributed by atoms with van der Waals surface area (Å²) < 4.78 is 12.6. The average molecular weight is 439 g/mol. The minimum absolute atomic E-state index is 0.0774. The maximum atomic E-state index is 12.9. The molecule has 0 saturated carbocycles. The van der Waals surface area contributed by atoms with E-state index in [4.69, 9.17) is 9.47 Å². The van der Waals surface area contributed by atoms with Gasteiger partial charge in [-0.05, 0) is 43.2 Å². The van der Waals surface area contributed by atoms with Crippen molar-refractivity contribution >= 4 is 28.8 Å². The number of amides is 2. The number of carbonyl (C=O) groups is 2. The fraction of sp³-hybridized carbons (Fsp3) is 0.375. The maximum Gasteiger partial charge on any atom is 0.229 e. The second kappa shape index (κ2) is 11.3. The topological polar surface area (TPSA) is 94.5 Å². The lowest BCUT2D eigenvalue weighted by Gasteiger charge is -2.18. The zero-order chi connectivity index (χ0) is 22.9. The molecule has 1 unspecified atom stereocenters. The van der Waals surface area contributed by atoms with Crippen LogP contribution in [0.3, 0.4) is 0 Å². The molecule has 2 amide bonds.